The van der Waals surface area contributed by atoms with Gasteiger partial charge in [0.15, 0.2) is 5.16 Å². The van der Waals surface area contributed by atoms with Gasteiger partial charge < -0.3 is 5.73 Å². The summed E-state index contributed by atoms with van der Waals surface area (Å²) in [5, 5.41) is 3.76. The van der Waals surface area contributed by atoms with E-state index in [0.29, 0.717) is 5.69 Å². The van der Waals surface area contributed by atoms with Crippen LogP contribution in [0.5, 0.6) is 0 Å². The number of benzene rings is 1. The van der Waals surface area contributed by atoms with Gasteiger partial charge >= 0.3 is 0 Å². The topological polar surface area (TPSA) is 64.7 Å². The minimum atomic E-state index is 0.704. The summed E-state index contributed by atoms with van der Waals surface area (Å²) in [6.07, 6.45) is 6.50. The molecule has 2 N–H and O–H groups in total. The molecule has 0 aliphatic rings. The molecule has 3 rings (SSSR count). The number of nitrogens with zero attached hydrogens (tertiary/aromatic N) is 3. The third kappa shape index (κ3) is 2.21. The SMILES string of the molecule is CCCSc1ncc2cc3cnccc3c(N)c2n1. The predicted molar refractivity (Wildman–Crippen MR) is 80.3 cm³/mol. The van der Waals surface area contributed by atoms with Crippen molar-refractivity contribution in [3.8, 4) is 0 Å². The highest BCUT2D eigenvalue weighted by molar-refractivity contribution is 7.99. The second-order valence-corrected chi connectivity index (χ2v) is 5.39. The van der Waals surface area contributed by atoms with Gasteiger partial charge in [-0.25, -0.2) is 9.97 Å². The van der Waals surface area contributed by atoms with Crippen molar-refractivity contribution in [3.63, 3.8) is 0 Å². The highest BCUT2D eigenvalue weighted by Crippen LogP contribution is 2.29. The summed E-state index contributed by atoms with van der Waals surface area (Å²) in [5.41, 5.74) is 7.76. The Kier molecular flexibility index (Phi) is 3.21. The lowest BCUT2D eigenvalue weighted by atomic mass is 10.1. The van der Waals surface area contributed by atoms with Gasteiger partial charge in [0.2, 0.25) is 0 Å². The number of hydrogen-bond acceptors (Lipinski definition) is 5. The van der Waals surface area contributed by atoms with Crippen molar-refractivity contribution in [1.29, 1.82) is 0 Å². The van der Waals surface area contributed by atoms with Crippen LogP contribution in [0.1, 0.15) is 13.3 Å². The fraction of sp³-hybridized carbons (Fsp3) is 0.214. The molecule has 2 aromatic heterocycles. The standard InChI is InChI=1S/C14H14N4S/c1-2-5-19-14-17-8-10-6-9-7-16-4-3-11(9)12(15)13(10)18-14/h3-4,6-8H,2,5,15H2,1H3. The van der Waals surface area contributed by atoms with Gasteiger partial charge in [0.25, 0.3) is 0 Å². The third-order valence-corrected chi connectivity index (χ3v) is 4.01. The van der Waals surface area contributed by atoms with Crippen molar-refractivity contribution in [1.82, 2.24) is 15.0 Å². The number of hydrogen-bond donors (Lipinski definition) is 1. The highest BCUT2D eigenvalue weighted by Gasteiger charge is 2.08. The normalized spacial score (nSPS) is 11.2. The number of nitrogens with two attached hydrogens (primary N) is 1. The Labute approximate surface area is 115 Å². The van der Waals surface area contributed by atoms with Gasteiger partial charge in [0, 0.05) is 40.5 Å². The molecule has 2 heterocycles. The number of rotatable bonds is 3. The number of fused-ring (bicyclic) bond motifs is 2. The smallest absolute Gasteiger partial charge is 0.188 e. The average molecular weight is 270 g/mol. The molecular weight excluding hydrogens is 256 g/mol. The molecule has 1 aromatic carbocycles. The molecule has 0 saturated carbocycles. The predicted octanol–water partition coefficient (Wildman–Crippen LogP) is 3.26. The van der Waals surface area contributed by atoms with E-state index in [0.717, 1.165) is 39.0 Å². The van der Waals surface area contributed by atoms with Gasteiger partial charge in [-0.05, 0) is 18.6 Å². The van der Waals surface area contributed by atoms with Crippen LogP contribution < -0.4 is 5.73 Å². The summed E-state index contributed by atoms with van der Waals surface area (Å²) in [5.74, 6) is 1.02. The zero-order chi connectivity index (χ0) is 13.2. The lowest BCUT2D eigenvalue weighted by molar-refractivity contribution is 0.995. The van der Waals surface area contributed by atoms with E-state index >= 15 is 0 Å². The Hall–Kier alpha value is -1.88. The molecular formula is C14H14N4S. The zero-order valence-corrected chi connectivity index (χ0v) is 11.4. The summed E-state index contributed by atoms with van der Waals surface area (Å²) in [6, 6.07) is 3.95. The molecule has 4 nitrogen and oxygen atoms in total. The van der Waals surface area contributed by atoms with Crippen LogP contribution in [0.15, 0.2) is 35.9 Å². The molecule has 0 saturated heterocycles. The fourth-order valence-corrected chi connectivity index (χ4v) is 2.69. The number of anilines is 1. The molecule has 0 unspecified atom stereocenters. The van der Waals surface area contributed by atoms with Gasteiger partial charge in [-0.3, -0.25) is 4.98 Å². The highest BCUT2D eigenvalue weighted by atomic mass is 32.2. The van der Waals surface area contributed by atoms with Gasteiger partial charge in [0.1, 0.15) is 0 Å². The Morgan fingerprint density at radius 2 is 2.16 bits per heavy atom. The van der Waals surface area contributed by atoms with E-state index in [1.54, 1.807) is 18.0 Å². The number of thioether (sulfide) groups is 1. The van der Waals surface area contributed by atoms with E-state index in [-0.39, 0.29) is 0 Å². The van der Waals surface area contributed by atoms with Crippen LogP contribution >= 0.6 is 11.8 Å². The van der Waals surface area contributed by atoms with Crippen molar-refractivity contribution < 1.29 is 0 Å². The largest absolute Gasteiger partial charge is 0.396 e. The van der Waals surface area contributed by atoms with Crippen molar-refractivity contribution in [3.05, 3.63) is 30.7 Å². The van der Waals surface area contributed by atoms with Crippen LogP contribution in [-0.2, 0) is 0 Å². The maximum Gasteiger partial charge on any atom is 0.188 e. The minimum Gasteiger partial charge on any atom is -0.396 e. The number of nitrogen functional groups attached to an aromatic ring is 1. The van der Waals surface area contributed by atoms with Gasteiger partial charge in [-0.15, -0.1) is 0 Å². The van der Waals surface area contributed by atoms with E-state index in [1.807, 2.05) is 24.5 Å². The molecule has 0 amide bonds. The van der Waals surface area contributed by atoms with Gasteiger partial charge in [-0.2, -0.15) is 0 Å². The summed E-state index contributed by atoms with van der Waals surface area (Å²) >= 11 is 1.66. The van der Waals surface area contributed by atoms with Crippen LogP contribution in [0.4, 0.5) is 5.69 Å². The van der Waals surface area contributed by atoms with E-state index in [9.17, 15) is 0 Å². The first kappa shape index (κ1) is 12.2. The quantitative estimate of drug-likeness (QED) is 0.342. The molecule has 0 aliphatic heterocycles. The summed E-state index contributed by atoms with van der Waals surface area (Å²) < 4.78 is 0. The molecule has 0 fully saturated rings. The second-order valence-electron chi connectivity index (χ2n) is 4.33. The molecule has 0 aliphatic carbocycles. The molecule has 0 bridgehead atoms. The maximum absolute atomic E-state index is 6.22. The molecule has 5 heteroatoms. The lowest BCUT2D eigenvalue weighted by Gasteiger charge is -2.07. The number of aromatic nitrogens is 3. The molecule has 0 spiro atoms. The Bertz CT molecular complexity index is 742. The van der Waals surface area contributed by atoms with Gasteiger partial charge in [0.05, 0.1) is 11.2 Å². The van der Waals surface area contributed by atoms with Crippen LogP contribution in [-0.4, -0.2) is 20.7 Å². The first-order chi connectivity index (χ1) is 9.29. The zero-order valence-electron chi connectivity index (χ0n) is 10.6. The van der Waals surface area contributed by atoms with Crippen LogP contribution in [0.2, 0.25) is 0 Å². The molecule has 0 radical (unpaired) electrons. The minimum absolute atomic E-state index is 0.704. The molecule has 19 heavy (non-hydrogen) atoms. The first-order valence-electron chi connectivity index (χ1n) is 6.21. The summed E-state index contributed by atoms with van der Waals surface area (Å²) in [7, 11) is 0. The molecule has 96 valence electrons. The summed E-state index contributed by atoms with van der Waals surface area (Å²) in [6.45, 7) is 2.14. The van der Waals surface area contributed by atoms with Crippen molar-refractivity contribution in [2.45, 2.75) is 18.5 Å². The first-order valence-corrected chi connectivity index (χ1v) is 7.20. The summed E-state index contributed by atoms with van der Waals surface area (Å²) in [4.78, 5) is 13.1. The van der Waals surface area contributed by atoms with Crippen molar-refractivity contribution >= 4 is 39.1 Å². The lowest BCUT2D eigenvalue weighted by Crippen LogP contribution is -1.95. The number of pyridine rings is 1. The van der Waals surface area contributed by atoms with Crippen LogP contribution in [0.3, 0.4) is 0 Å². The van der Waals surface area contributed by atoms with E-state index < -0.39 is 0 Å². The Balaban J connectivity index is 2.21. The maximum atomic E-state index is 6.22. The fourth-order valence-electron chi connectivity index (χ4n) is 2.02. The van der Waals surface area contributed by atoms with Crippen LogP contribution in [0.25, 0.3) is 21.7 Å². The third-order valence-electron chi connectivity index (χ3n) is 2.94. The van der Waals surface area contributed by atoms with Gasteiger partial charge in [-0.1, -0.05) is 18.7 Å². The molecule has 0 atom stereocenters. The second kappa shape index (κ2) is 5.01. The van der Waals surface area contributed by atoms with Crippen molar-refractivity contribution in [2.75, 3.05) is 11.5 Å². The Morgan fingerprint density at radius 3 is 3.00 bits per heavy atom. The van der Waals surface area contributed by atoms with E-state index in [1.165, 1.54) is 0 Å². The van der Waals surface area contributed by atoms with E-state index in [2.05, 4.69) is 21.9 Å². The monoisotopic (exact) mass is 270 g/mol. The van der Waals surface area contributed by atoms with Crippen molar-refractivity contribution in [2.24, 2.45) is 0 Å². The average Bonchev–Trinajstić information content (AvgIpc) is 2.46. The Morgan fingerprint density at radius 1 is 1.26 bits per heavy atom. The van der Waals surface area contributed by atoms with Crippen LogP contribution in [0, 0.1) is 0 Å². The van der Waals surface area contributed by atoms with E-state index in [4.69, 9.17) is 5.73 Å². The molecule has 3 aromatic rings.